The third-order valence-corrected chi connectivity index (χ3v) is 5.11. The molecule has 0 aliphatic carbocycles. The van der Waals surface area contributed by atoms with Crippen molar-refractivity contribution < 1.29 is 9.72 Å². The molecule has 2 aromatic rings. The highest BCUT2D eigenvalue weighted by Gasteiger charge is 2.34. The number of hydrogen-bond acceptors (Lipinski definition) is 5. The SMILES string of the molecule is CCc1ccccc1N1C(=O)/C(=C/c2ccc([N+](=O)[O-])cc2)SC1=S. The van der Waals surface area contributed by atoms with E-state index in [0.29, 0.717) is 9.23 Å². The number of thioether (sulfide) groups is 1. The monoisotopic (exact) mass is 370 g/mol. The normalized spacial score (nSPS) is 15.9. The molecule has 1 fully saturated rings. The van der Waals surface area contributed by atoms with Crippen LogP contribution in [0.25, 0.3) is 6.08 Å². The molecule has 0 saturated carbocycles. The van der Waals surface area contributed by atoms with Crippen molar-refractivity contribution in [2.24, 2.45) is 0 Å². The lowest BCUT2D eigenvalue weighted by atomic mass is 10.1. The molecule has 0 atom stereocenters. The molecule has 1 aliphatic rings. The Balaban J connectivity index is 1.92. The summed E-state index contributed by atoms with van der Waals surface area (Å²) >= 11 is 6.63. The number of thiocarbonyl (C=S) groups is 1. The average Bonchev–Trinajstić information content (AvgIpc) is 2.89. The molecule has 1 saturated heterocycles. The third-order valence-electron chi connectivity index (χ3n) is 3.81. The Hall–Kier alpha value is -2.51. The van der Waals surface area contributed by atoms with Crippen LogP contribution in [-0.4, -0.2) is 15.2 Å². The number of nitro groups is 1. The van der Waals surface area contributed by atoms with Gasteiger partial charge >= 0.3 is 0 Å². The molecule has 3 rings (SSSR count). The minimum atomic E-state index is -0.453. The number of amides is 1. The van der Waals surface area contributed by atoms with Gasteiger partial charge in [0.25, 0.3) is 11.6 Å². The second-order valence-electron chi connectivity index (χ2n) is 5.35. The van der Waals surface area contributed by atoms with Crippen molar-refractivity contribution >= 4 is 51.7 Å². The van der Waals surface area contributed by atoms with Crippen molar-refractivity contribution in [2.45, 2.75) is 13.3 Å². The summed E-state index contributed by atoms with van der Waals surface area (Å²) in [6, 6.07) is 13.7. The summed E-state index contributed by atoms with van der Waals surface area (Å²) in [6.45, 7) is 2.03. The number of carbonyl (C=O) groups excluding carboxylic acids is 1. The summed E-state index contributed by atoms with van der Waals surface area (Å²) in [4.78, 5) is 25.1. The number of aryl methyl sites for hydroxylation is 1. The molecule has 0 aromatic heterocycles. The Morgan fingerprint density at radius 2 is 1.88 bits per heavy atom. The van der Waals surface area contributed by atoms with Crippen molar-refractivity contribution in [3.8, 4) is 0 Å². The van der Waals surface area contributed by atoms with Gasteiger partial charge in [-0.2, -0.15) is 0 Å². The molecule has 1 heterocycles. The molecule has 0 spiro atoms. The van der Waals surface area contributed by atoms with Gasteiger partial charge in [0, 0.05) is 12.1 Å². The fourth-order valence-electron chi connectivity index (χ4n) is 2.55. The first-order chi connectivity index (χ1) is 12.0. The Morgan fingerprint density at radius 1 is 1.20 bits per heavy atom. The van der Waals surface area contributed by atoms with E-state index in [1.165, 1.54) is 23.9 Å². The lowest BCUT2D eigenvalue weighted by Gasteiger charge is -2.17. The number of benzene rings is 2. The van der Waals surface area contributed by atoms with Crippen LogP contribution in [-0.2, 0) is 11.2 Å². The van der Waals surface area contributed by atoms with Gasteiger partial charge in [-0.05, 0) is 41.8 Å². The minimum Gasteiger partial charge on any atom is -0.268 e. The van der Waals surface area contributed by atoms with E-state index in [0.717, 1.165) is 23.2 Å². The Bertz CT molecular complexity index is 891. The van der Waals surface area contributed by atoms with Crippen LogP contribution < -0.4 is 4.90 Å². The van der Waals surface area contributed by atoms with Gasteiger partial charge in [0.2, 0.25) is 0 Å². The summed E-state index contributed by atoms with van der Waals surface area (Å²) in [5, 5.41) is 10.7. The molecular weight excluding hydrogens is 356 g/mol. The first-order valence-electron chi connectivity index (χ1n) is 7.61. The molecule has 1 amide bonds. The predicted octanol–water partition coefficient (Wildman–Crippen LogP) is 4.56. The summed E-state index contributed by atoms with van der Waals surface area (Å²) in [6.07, 6.45) is 2.51. The number of carbonyl (C=O) groups is 1. The van der Waals surface area contributed by atoms with E-state index in [1.54, 1.807) is 23.1 Å². The zero-order chi connectivity index (χ0) is 18.0. The van der Waals surface area contributed by atoms with E-state index in [1.807, 2.05) is 31.2 Å². The highest BCUT2D eigenvalue weighted by molar-refractivity contribution is 8.27. The highest BCUT2D eigenvalue weighted by Crippen LogP contribution is 2.37. The Kier molecular flexibility index (Phi) is 4.96. The first-order valence-corrected chi connectivity index (χ1v) is 8.84. The van der Waals surface area contributed by atoms with Crippen LogP contribution >= 0.6 is 24.0 Å². The zero-order valence-corrected chi connectivity index (χ0v) is 15.0. The van der Waals surface area contributed by atoms with Gasteiger partial charge < -0.3 is 0 Å². The molecule has 1 aliphatic heterocycles. The highest BCUT2D eigenvalue weighted by atomic mass is 32.2. The lowest BCUT2D eigenvalue weighted by molar-refractivity contribution is -0.384. The number of anilines is 1. The number of para-hydroxylation sites is 1. The van der Waals surface area contributed by atoms with Gasteiger partial charge in [0.1, 0.15) is 0 Å². The minimum absolute atomic E-state index is 0.0153. The summed E-state index contributed by atoms with van der Waals surface area (Å²) in [7, 11) is 0. The van der Waals surface area contributed by atoms with Crippen molar-refractivity contribution in [3.05, 3.63) is 74.7 Å². The maximum absolute atomic E-state index is 12.8. The molecule has 5 nitrogen and oxygen atoms in total. The van der Waals surface area contributed by atoms with Crippen LogP contribution in [0.1, 0.15) is 18.1 Å². The Labute approximate surface area is 154 Å². The first kappa shape index (κ1) is 17.3. The molecule has 0 radical (unpaired) electrons. The van der Waals surface area contributed by atoms with Gasteiger partial charge in [0.05, 0.1) is 15.5 Å². The number of non-ortho nitro benzene ring substituents is 1. The van der Waals surface area contributed by atoms with E-state index >= 15 is 0 Å². The van der Waals surface area contributed by atoms with Gasteiger partial charge in [-0.1, -0.05) is 49.1 Å². The molecule has 0 N–H and O–H groups in total. The van der Waals surface area contributed by atoms with Gasteiger partial charge in [-0.3, -0.25) is 19.8 Å². The molecular formula is C18H14N2O3S2. The van der Waals surface area contributed by atoms with E-state index in [9.17, 15) is 14.9 Å². The zero-order valence-electron chi connectivity index (χ0n) is 13.3. The number of nitrogens with zero attached hydrogens (tertiary/aromatic N) is 2. The smallest absolute Gasteiger partial charge is 0.268 e. The lowest BCUT2D eigenvalue weighted by Crippen LogP contribution is -2.28. The summed E-state index contributed by atoms with van der Waals surface area (Å²) in [5.74, 6) is -0.172. The van der Waals surface area contributed by atoms with Gasteiger partial charge in [-0.25, -0.2) is 0 Å². The number of nitro benzene ring substituents is 1. The largest absolute Gasteiger partial charge is 0.270 e. The quantitative estimate of drug-likeness (QED) is 0.342. The Morgan fingerprint density at radius 3 is 2.52 bits per heavy atom. The van der Waals surface area contributed by atoms with Crippen molar-refractivity contribution in [3.63, 3.8) is 0 Å². The summed E-state index contributed by atoms with van der Waals surface area (Å²) in [5.41, 5.74) is 2.59. The van der Waals surface area contributed by atoms with Crippen molar-refractivity contribution in [2.75, 3.05) is 4.90 Å². The maximum atomic E-state index is 12.8. The topological polar surface area (TPSA) is 63.5 Å². The summed E-state index contributed by atoms with van der Waals surface area (Å²) < 4.78 is 0.485. The van der Waals surface area contributed by atoms with Crippen LogP contribution in [0.4, 0.5) is 11.4 Å². The number of rotatable bonds is 4. The van der Waals surface area contributed by atoms with E-state index in [4.69, 9.17) is 12.2 Å². The van der Waals surface area contributed by atoms with Gasteiger partial charge in [-0.15, -0.1) is 0 Å². The third kappa shape index (κ3) is 3.47. The van der Waals surface area contributed by atoms with Crippen LogP contribution in [0, 0.1) is 10.1 Å². The van der Waals surface area contributed by atoms with E-state index < -0.39 is 4.92 Å². The van der Waals surface area contributed by atoms with Crippen molar-refractivity contribution in [1.82, 2.24) is 0 Å². The van der Waals surface area contributed by atoms with Crippen molar-refractivity contribution in [1.29, 1.82) is 0 Å². The van der Waals surface area contributed by atoms with Crippen LogP contribution in [0.5, 0.6) is 0 Å². The predicted molar refractivity (Wildman–Crippen MR) is 105 cm³/mol. The second kappa shape index (κ2) is 7.16. The number of hydrogen-bond donors (Lipinski definition) is 0. The standard InChI is InChI=1S/C18H14N2O3S2/c1-2-13-5-3-4-6-15(13)19-17(21)16(25-18(19)24)11-12-7-9-14(10-8-12)20(22)23/h3-11H,2H2,1H3/b16-11-. The molecule has 25 heavy (non-hydrogen) atoms. The maximum Gasteiger partial charge on any atom is 0.270 e. The van der Waals surface area contributed by atoms with Gasteiger partial charge in [0.15, 0.2) is 4.32 Å². The van der Waals surface area contributed by atoms with E-state index in [-0.39, 0.29) is 11.6 Å². The fraction of sp³-hybridized carbons (Fsp3) is 0.111. The molecule has 0 unspecified atom stereocenters. The van der Waals surface area contributed by atoms with Crippen LogP contribution in [0.3, 0.4) is 0 Å². The molecule has 7 heteroatoms. The van der Waals surface area contributed by atoms with Crippen LogP contribution in [0.2, 0.25) is 0 Å². The fourth-order valence-corrected chi connectivity index (χ4v) is 3.83. The average molecular weight is 370 g/mol. The van der Waals surface area contributed by atoms with E-state index in [2.05, 4.69) is 0 Å². The molecule has 0 bridgehead atoms. The van der Waals surface area contributed by atoms with Crippen LogP contribution in [0.15, 0.2) is 53.4 Å². The molecule has 126 valence electrons. The second-order valence-corrected chi connectivity index (χ2v) is 7.02. The molecule has 2 aromatic carbocycles.